The third-order valence-electron chi connectivity index (χ3n) is 4.23. The lowest BCUT2D eigenvalue weighted by Gasteiger charge is -2.33. The van der Waals surface area contributed by atoms with Crippen LogP contribution >= 0.6 is 0 Å². The molecule has 5 heteroatoms. The Balaban J connectivity index is 1.69. The van der Waals surface area contributed by atoms with E-state index < -0.39 is 0 Å². The molecule has 1 atom stereocenters. The Morgan fingerprint density at radius 1 is 1.26 bits per heavy atom. The molecule has 120 valence electrons. The lowest BCUT2D eigenvalue weighted by molar-refractivity contribution is 0.0668. The quantitative estimate of drug-likeness (QED) is 0.871. The van der Waals surface area contributed by atoms with Crippen molar-refractivity contribution >= 4 is 5.91 Å². The van der Waals surface area contributed by atoms with Crippen LogP contribution in [0.1, 0.15) is 28.9 Å². The van der Waals surface area contributed by atoms with Crippen LogP contribution in [0, 0.1) is 5.92 Å². The normalized spacial score (nSPS) is 17.8. The molecule has 0 spiro atoms. The van der Waals surface area contributed by atoms with Gasteiger partial charge in [0.25, 0.3) is 5.91 Å². The zero-order valence-electron chi connectivity index (χ0n) is 13.3. The van der Waals surface area contributed by atoms with E-state index in [1.807, 2.05) is 29.3 Å². The van der Waals surface area contributed by atoms with Gasteiger partial charge in [0.05, 0.1) is 7.11 Å². The van der Waals surface area contributed by atoms with E-state index >= 15 is 0 Å². The van der Waals surface area contributed by atoms with Crippen molar-refractivity contribution in [1.29, 1.82) is 0 Å². The van der Waals surface area contributed by atoms with Crippen LogP contribution in [0.25, 0.3) is 0 Å². The molecular formula is C18H21N3O2. The number of ether oxygens (including phenoxy) is 1. The van der Waals surface area contributed by atoms with E-state index in [1.54, 1.807) is 25.4 Å². The van der Waals surface area contributed by atoms with Crippen molar-refractivity contribution in [3.05, 3.63) is 54.0 Å². The highest BCUT2D eigenvalue weighted by molar-refractivity contribution is 5.96. The monoisotopic (exact) mass is 311 g/mol. The Labute approximate surface area is 136 Å². The van der Waals surface area contributed by atoms with Crippen molar-refractivity contribution < 1.29 is 9.53 Å². The largest absolute Gasteiger partial charge is 0.480 e. The summed E-state index contributed by atoms with van der Waals surface area (Å²) in [7, 11) is 1.54. The molecule has 1 unspecified atom stereocenters. The lowest BCUT2D eigenvalue weighted by Crippen LogP contribution is -2.40. The topological polar surface area (TPSA) is 55.3 Å². The summed E-state index contributed by atoms with van der Waals surface area (Å²) >= 11 is 0. The van der Waals surface area contributed by atoms with Crippen molar-refractivity contribution in [3.8, 4) is 5.88 Å². The number of hydrogen-bond acceptors (Lipinski definition) is 4. The maximum atomic E-state index is 12.8. The second kappa shape index (κ2) is 7.22. The maximum Gasteiger partial charge on any atom is 0.259 e. The Bertz CT molecular complexity index is 660. The van der Waals surface area contributed by atoms with E-state index in [9.17, 15) is 4.79 Å². The van der Waals surface area contributed by atoms with E-state index in [2.05, 4.69) is 9.97 Å². The second-order valence-electron chi connectivity index (χ2n) is 5.84. The number of pyridine rings is 2. The first-order valence-corrected chi connectivity index (χ1v) is 7.96. The maximum absolute atomic E-state index is 12.8. The number of carbonyl (C=O) groups is 1. The number of amides is 1. The van der Waals surface area contributed by atoms with Gasteiger partial charge in [-0.05, 0) is 49.4 Å². The van der Waals surface area contributed by atoms with E-state index in [4.69, 9.17) is 4.74 Å². The predicted molar refractivity (Wildman–Crippen MR) is 87.4 cm³/mol. The molecule has 0 radical (unpaired) electrons. The average Bonchev–Trinajstić information content (AvgIpc) is 2.62. The summed E-state index contributed by atoms with van der Waals surface area (Å²) in [4.78, 5) is 23.2. The van der Waals surface area contributed by atoms with Crippen LogP contribution in [0.2, 0.25) is 0 Å². The van der Waals surface area contributed by atoms with Crippen LogP contribution in [-0.2, 0) is 6.42 Å². The highest BCUT2D eigenvalue weighted by Gasteiger charge is 2.26. The Morgan fingerprint density at radius 2 is 2.13 bits per heavy atom. The van der Waals surface area contributed by atoms with Crippen molar-refractivity contribution in [2.45, 2.75) is 19.3 Å². The fourth-order valence-electron chi connectivity index (χ4n) is 3.12. The van der Waals surface area contributed by atoms with Gasteiger partial charge in [-0.3, -0.25) is 9.78 Å². The Hall–Kier alpha value is -2.43. The van der Waals surface area contributed by atoms with Crippen molar-refractivity contribution in [2.75, 3.05) is 20.2 Å². The summed E-state index contributed by atoms with van der Waals surface area (Å²) in [6.45, 7) is 1.54. The first-order valence-electron chi connectivity index (χ1n) is 7.96. The van der Waals surface area contributed by atoms with Gasteiger partial charge in [-0.1, -0.05) is 6.07 Å². The Kier molecular flexibility index (Phi) is 4.86. The standard InChI is InChI=1S/C18H21N3O2/c1-23-17-16(8-4-10-20-17)18(22)21-11-5-6-14(13-21)12-15-7-2-3-9-19-15/h2-4,7-10,14H,5-6,11-13H2,1H3. The molecule has 23 heavy (non-hydrogen) atoms. The molecule has 5 nitrogen and oxygen atoms in total. The lowest BCUT2D eigenvalue weighted by atomic mass is 9.93. The summed E-state index contributed by atoms with van der Waals surface area (Å²) in [5.41, 5.74) is 1.62. The molecule has 3 heterocycles. The number of nitrogens with zero attached hydrogens (tertiary/aromatic N) is 3. The van der Waals surface area contributed by atoms with E-state index in [0.29, 0.717) is 17.4 Å². The molecule has 2 aromatic heterocycles. The van der Waals surface area contributed by atoms with Gasteiger partial charge in [-0.25, -0.2) is 4.98 Å². The highest BCUT2D eigenvalue weighted by Crippen LogP contribution is 2.23. The molecule has 2 aromatic rings. The number of rotatable bonds is 4. The van der Waals surface area contributed by atoms with Gasteiger partial charge >= 0.3 is 0 Å². The minimum Gasteiger partial charge on any atom is -0.480 e. The van der Waals surface area contributed by atoms with Crippen LogP contribution in [0.4, 0.5) is 0 Å². The van der Waals surface area contributed by atoms with E-state index in [1.165, 1.54) is 0 Å². The zero-order valence-corrected chi connectivity index (χ0v) is 13.3. The number of likely N-dealkylation sites (tertiary alicyclic amines) is 1. The molecule has 1 saturated heterocycles. The van der Waals surface area contributed by atoms with Gasteiger partial charge in [0.15, 0.2) is 0 Å². The molecule has 1 fully saturated rings. The molecule has 3 rings (SSSR count). The van der Waals surface area contributed by atoms with Crippen LogP contribution in [0.3, 0.4) is 0 Å². The van der Waals surface area contributed by atoms with Crippen molar-refractivity contribution in [1.82, 2.24) is 14.9 Å². The molecule has 0 N–H and O–H groups in total. The van der Waals surface area contributed by atoms with Gasteiger partial charge < -0.3 is 9.64 Å². The van der Waals surface area contributed by atoms with Gasteiger partial charge in [0.2, 0.25) is 5.88 Å². The van der Waals surface area contributed by atoms with Crippen molar-refractivity contribution in [3.63, 3.8) is 0 Å². The first-order chi connectivity index (χ1) is 11.3. The predicted octanol–water partition coefficient (Wildman–Crippen LogP) is 2.58. The fourth-order valence-corrected chi connectivity index (χ4v) is 3.12. The molecule has 1 aliphatic heterocycles. The third-order valence-corrected chi connectivity index (χ3v) is 4.23. The Morgan fingerprint density at radius 3 is 2.91 bits per heavy atom. The number of methoxy groups -OCH3 is 1. The van der Waals surface area contributed by atoms with Gasteiger partial charge in [0.1, 0.15) is 5.56 Å². The number of carbonyl (C=O) groups excluding carboxylic acids is 1. The molecule has 0 saturated carbocycles. The molecule has 1 aliphatic rings. The zero-order chi connectivity index (χ0) is 16.1. The van der Waals surface area contributed by atoms with Crippen LogP contribution in [0.5, 0.6) is 5.88 Å². The molecule has 0 aromatic carbocycles. The summed E-state index contributed by atoms with van der Waals surface area (Å²) in [6.07, 6.45) is 6.52. The van der Waals surface area contributed by atoms with Crippen molar-refractivity contribution in [2.24, 2.45) is 5.92 Å². The van der Waals surface area contributed by atoms with Gasteiger partial charge in [-0.2, -0.15) is 0 Å². The number of aromatic nitrogens is 2. The van der Waals surface area contributed by atoms with Crippen LogP contribution in [0.15, 0.2) is 42.7 Å². The molecule has 0 bridgehead atoms. The molecule has 1 amide bonds. The average molecular weight is 311 g/mol. The summed E-state index contributed by atoms with van der Waals surface area (Å²) in [6, 6.07) is 9.52. The van der Waals surface area contributed by atoms with E-state index in [-0.39, 0.29) is 5.91 Å². The van der Waals surface area contributed by atoms with Gasteiger partial charge in [-0.15, -0.1) is 0 Å². The minimum atomic E-state index is 0.000621. The number of hydrogen-bond donors (Lipinski definition) is 0. The van der Waals surface area contributed by atoms with Gasteiger partial charge in [0, 0.05) is 31.2 Å². The fraction of sp³-hybridized carbons (Fsp3) is 0.389. The summed E-state index contributed by atoms with van der Waals surface area (Å²) in [5, 5.41) is 0. The molecular weight excluding hydrogens is 290 g/mol. The summed E-state index contributed by atoms with van der Waals surface area (Å²) in [5.74, 6) is 0.843. The SMILES string of the molecule is COc1ncccc1C(=O)N1CCCC(Cc2ccccn2)C1. The van der Waals surface area contributed by atoms with Crippen LogP contribution < -0.4 is 4.74 Å². The molecule has 0 aliphatic carbocycles. The second-order valence-corrected chi connectivity index (χ2v) is 5.84. The van der Waals surface area contributed by atoms with E-state index in [0.717, 1.165) is 38.0 Å². The first kappa shape index (κ1) is 15.5. The summed E-state index contributed by atoms with van der Waals surface area (Å²) < 4.78 is 5.21. The third kappa shape index (κ3) is 3.67. The smallest absolute Gasteiger partial charge is 0.259 e. The number of piperidine rings is 1. The van der Waals surface area contributed by atoms with Crippen LogP contribution in [-0.4, -0.2) is 41.0 Å². The minimum absolute atomic E-state index is 0.000621. The highest BCUT2D eigenvalue weighted by atomic mass is 16.5.